The SMILES string of the molecule is CC(CC(=O)Cc1csc(-c2cccc(Br)c2)n1)(C(=O)O)C1CC1. The van der Waals surface area contributed by atoms with Crippen molar-refractivity contribution in [2.24, 2.45) is 11.3 Å². The summed E-state index contributed by atoms with van der Waals surface area (Å²) in [5, 5.41) is 12.2. The molecule has 1 unspecified atom stereocenters. The number of carboxylic acid groups (broad SMARTS) is 1. The lowest BCUT2D eigenvalue weighted by molar-refractivity contribution is -0.151. The van der Waals surface area contributed by atoms with E-state index in [2.05, 4.69) is 20.9 Å². The van der Waals surface area contributed by atoms with Crippen molar-refractivity contribution in [1.82, 2.24) is 4.98 Å². The van der Waals surface area contributed by atoms with Crippen molar-refractivity contribution in [2.45, 2.75) is 32.6 Å². The van der Waals surface area contributed by atoms with Crippen molar-refractivity contribution >= 4 is 39.0 Å². The highest BCUT2D eigenvalue weighted by Gasteiger charge is 2.48. The first kappa shape index (κ1) is 17.3. The maximum absolute atomic E-state index is 12.4. The standard InChI is InChI=1S/C18H18BrNO3S/c1-18(17(22)23,12-5-6-12)9-15(21)8-14-10-24-16(20-14)11-3-2-4-13(19)7-11/h2-4,7,10,12H,5-6,8-9H2,1H3,(H,22,23). The second-order valence-corrected chi connectivity index (χ2v) is 8.32. The van der Waals surface area contributed by atoms with Crippen LogP contribution in [0.5, 0.6) is 0 Å². The highest BCUT2D eigenvalue weighted by atomic mass is 79.9. The average Bonchev–Trinajstić information content (AvgIpc) is 3.28. The molecular weight excluding hydrogens is 390 g/mol. The summed E-state index contributed by atoms with van der Waals surface area (Å²) < 4.78 is 0.981. The molecule has 0 spiro atoms. The van der Waals surface area contributed by atoms with Gasteiger partial charge in [-0.15, -0.1) is 11.3 Å². The largest absolute Gasteiger partial charge is 0.481 e. The van der Waals surface area contributed by atoms with E-state index in [4.69, 9.17) is 0 Å². The van der Waals surface area contributed by atoms with Gasteiger partial charge in [0.25, 0.3) is 0 Å². The Morgan fingerprint density at radius 1 is 1.42 bits per heavy atom. The number of hydrogen-bond donors (Lipinski definition) is 1. The molecule has 0 aliphatic heterocycles. The number of Topliss-reactive ketones (excluding diaryl/α,β-unsaturated/α-hetero) is 1. The lowest BCUT2D eigenvalue weighted by Crippen LogP contribution is -2.33. The molecule has 1 N–H and O–H groups in total. The number of hydrogen-bond acceptors (Lipinski definition) is 4. The lowest BCUT2D eigenvalue weighted by Gasteiger charge is -2.23. The fourth-order valence-corrected chi connectivity index (χ4v) is 4.15. The van der Waals surface area contributed by atoms with Gasteiger partial charge >= 0.3 is 5.97 Å². The molecule has 1 fully saturated rings. The first-order chi connectivity index (χ1) is 11.4. The van der Waals surface area contributed by atoms with Gasteiger partial charge in [0.1, 0.15) is 10.8 Å². The van der Waals surface area contributed by atoms with E-state index in [1.807, 2.05) is 29.6 Å². The zero-order chi connectivity index (χ0) is 17.3. The number of benzene rings is 1. The van der Waals surface area contributed by atoms with Crippen LogP contribution in [0.25, 0.3) is 10.6 Å². The molecule has 1 aromatic heterocycles. The first-order valence-electron chi connectivity index (χ1n) is 7.84. The van der Waals surface area contributed by atoms with Gasteiger partial charge in [-0.05, 0) is 37.8 Å². The van der Waals surface area contributed by atoms with E-state index in [0.29, 0.717) is 5.69 Å². The van der Waals surface area contributed by atoms with E-state index in [1.165, 1.54) is 11.3 Å². The maximum Gasteiger partial charge on any atom is 0.310 e. The molecule has 1 aliphatic rings. The number of carboxylic acids is 1. The molecule has 2 aromatic rings. The van der Waals surface area contributed by atoms with Gasteiger partial charge in [-0.3, -0.25) is 9.59 Å². The molecule has 0 radical (unpaired) electrons. The molecule has 6 heteroatoms. The smallest absolute Gasteiger partial charge is 0.310 e. The fourth-order valence-electron chi connectivity index (χ4n) is 2.93. The van der Waals surface area contributed by atoms with Crippen LogP contribution in [0.3, 0.4) is 0 Å². The third kappa shape index (κ3) is 3.75. The van der Waals surface area contributed by atoms with Crippen LogP contribution in [-0.4, -0.2) is 21.8 Å². The minimum absolute atomic E-state index is 0.0575. The molecule has 4 nitrogen and oxygen atoms in total. The molecule has 1 aromatic carbocycles. The van der Waals surface area contributed by atoms with Gasteiger partial charge in [0.15, 0.2) is 0 Å². The average molecular weight is 408 g/mol. The summed E-state index contributed by atoms with van der Waals surface area (Å²) in [6.45, 7) is 1.69. The second-order valence-electron chi connectivity index (χ2n) is 6.54. The summed E-state index contributed by atoms with van der Waals surface area (Å²) in [6, 6.07) is 7.86. The van der Waals surface area contributed by atoms with Crippen LogP contribution in [0.1, 0.15) is 31.9 Å². The molecule has 1 saturated carbocycles. The summed E-state index contributed by atoms with van der Waals surface area (Å²) in [5.41, 5.74) is 0.783. The van der Waals surface area contributed by atoms with Gasteiger partial charge in [-0.2, -0.15) is 0 Å². The van der Waals surface area contributed by atoms with Gasteiger partial charge in [0.2, 0.25) is 0 Å². The van der Waals surface area contributed by atoms with E-state index in [1.54, 1.807) is 6.92 Å². The Kier molecular flexibility index (Phi) is 4.88. The van der Waals surface area contributed by atoms with Gasteiger partial charge in [-0.25, -0.2) is 4.98 Å². The minimum Gasteiger partial charge on any atom is -0.481 e. The second kappa shape index (κ2) is 6.76. The zero-order valence-corrected chi connectivity index (χ0v) is 15.7. The number of carbonyl (C=O) groups is 2. The fraction of sp³-hybridized carbons (Fsp3) is 0.389. The quantitative estimate of drug-likeness (QED) is 0.729. The number of ketones is 1. The van der Waals surface area contributed by atoms with Gasteiger partial charge in [-0.1, -0.05) is 28.1 Å². The van der Waals surface area contributed by atoms with E-state index < -0.39 is 11.4 Å². The Labute approximate surface area is 153 Å². The van der Waals surface area contributed by atoms with Crippen LogP contribution in [0, 0.1) is 11.3 Å². The number of aliphatic carboxylic acids is 1. The van der Waals surface area contributed by atoms with Crippen LogP contribution in [0.4, 0.5) is 0 Å². The summed E-state index contributed by atoms with van der Waals surface area (Å²) in [5.74, 6) is -0.795. The predicted molar refractivity (Wildman–Crippen MR) is 97.0 cm³/mol. The number of halogens is 1. The van der Waals surface area contributed by atoms with Crippen LogP contribution in [0.2, 0.25) is 0 Å². The number of thiazole rings is 1. The molecule has 126 valence electrons. The Bertz CT molecular complexity index is 784. The molecule has 0 amide bonds. The Morgan fingerprint density at radius 3 is 2.79 bits per heavy atom. The lowest BCUT2D eigenvalue weighted by atomic mass is 9.79. The summed E-state index contributed by atoms with van der Waals surface area (Å²) >= 11 is 4.94. The molecule has 0 bridgehead atoms. The maximum atomic E-state index is 12.4. The molecule has 3 rings (SSSR count). The number of aromatic nitrogens is 1. The van der Waals surface area contributed by atoms with Crippen molar-refractivity contribution in [3.63, 3.8) is 0 Å². The Balaban J connectivity index is 1.68. The molecule has 1 aliphatic carbocycles. The van der Waals surface area contributed by atoms with Crippen LogP contribution < -0.4 is 0 Å². The van der Waals surface area contributed by atoms with E-state index in [-0.39, 0.29) is 24.5 Å². The van der Waals surface area contributed by atoms with Crippen molar-refractivity contribution < 1.29 is 14.7 Å². The molecule has 1 heterocycles. The van der Waals surface area contributed by atoms with Gasteiger partial charge < -0.3 is 5.11 Å². The summed E-state index contributed by atoms with van der Waals surface area (Å²) in [7, 11) is 0. The number of rotatable bonds is 7. The topological polar surface area (TPSA) is 67.3 Å². The van der Waals surface area contributed by atoms with Crippen molar-refractivity contribution in [3.8, 4) is 10.6 Å². The zero-order valence-electron chi connectivity index (χ0n) is 13.3. The molecular formula is C18H18BrNO3S. The Hall–Kier alpha value is -1.53. The van der Waals surface area contributed by atoms with Crippen LogP contribution in [-0.2, 0) is 16.0 Å². The predicted octanol–water partition coefficient (Wildman–Crippen LogP) is 4.58. The third-order valence-electron chi connectivity index (χ3n) is 4.53. The number of carbonyl (C=O) groups excluding carboxylic acids is 1. The highest BCUT2D eigenvalue weighted by molar-refractivity contribution is 9.10. The van der Waals surface area contributed by atoms with Crippen LogP contribution in [0.15, 0.2) is 34.1 Å². The monoisotopic (exact) mass is 407 g/mol. The van der Waals surface area contributed by atoms with E-state index >= 15 is 0 Å². The van der Waals surface area contributed by atoms with Crippen LogP contribution >= 0.6 is 27.3 Å². The van der Waals surface area contributed by atoms with Crippen molar-refractivity contribution in [1.29, 1.82) is 0 Å². The van der Waals surface area contributed by atoms with Gasteiger partial charge in [0, 0.05) is 28.3 Å². The van der Waals surface area contributed by atoms with E-state index in [0.717, 1.165) is 27.9 Å². The molecule has 0 saturated heterocycles. The summed E-state index contributed by atoms with van der Waals surface area (Å²) in [6.07, 6.45) is 2.08. The molecule has 1 atom stereocenters. The van der Waals surface area contributed by atoms with Crippen molar-refractivity contribution in [3.05, 3.63) is 39.8 Å². The summed E-state index contributed by atoms with van der Waals surface area (Å²) in [4.78, 5) is 28.4. The Morgan fingerprint density at radius 2 is 2.17 bits per heavy atom. The molecule has 24 heavy (non-hydrogen) atoms. The normalized spacial score (nSPS) is 16.6. The third-order valence-corrected chi connectivity index (χ3v) is 5.97. The number of nitrogens with zero attached hydrogens (tertiary/aromatic N) is 1. The van der Waals surface area contributed by atoms with Crippen molar-refractivity contribution in [2.75, 3.05) is 0 Å². The van der Waals surface area contributed by atoms with E-state index in [9.17, 15) is 14.7 Å². The highest BCUT2D eigenvalue weighted by Crippen LogP contribution is 2.48. The minimum atomic E-state index is -0.930. The first-order valence-corrected chi connectivity index (χ1v) is 9.51. The van der Waals surface area contributed by atoms with Gasteiger partial charge in [0.05, 0.1) is 11.1 Å².